The van der Waals surface area contributed by atoms with Crippen LogP contribution in [0.4, 0.5) is 0 Å². The lowest BCUT2D eigenvalue weighted by Gasteiger charge is -2.34. The van der Waals surface area contributed by atoms with Crippen LogP contribution in [-0.4, -0.2) is 45.6 Å². The molecule has 6 nitrogen and oxygen atoms in total. The molecule has 0 aromatic heterocycles. The number of aliphatic hydroxyl groups excluding tert-OH is 1. The quantitative estimate of drug-likeness (QED) is 0.551. The lowest BCUT2D eigenvalue weighted by molar-refractivity contribution is -0.175. The lowest BCUT2D eigenvalue weighted by atomic mass is 9.75. The van der Waals surface area contributed by atoms with E-state index in [0.717, 1.165) is 5.57 Å². The molecule has 1 heterocycles. The Morgan fingerprint density at radius 1 is 1.43 bits per heavy atom. The van der Waals surface area contributed by atoms with Crippen LogP contribution in [0.1, 0.15) is 40.5 Å². The molecule has 0 unspecified atom stereocenters. The summed E-state index contributed by atoms with van der Waals surface area (Å²) in [6.07, 6.45) is 1.25. The largest absolute Gasteiger partial charge is 0.458 e. The van der Waals surface area contributed by atoms with Crippen LogP contribution in [-0.2, 0) is 19.1 Å². The van der Waals surface area contributed by atoms with Gasteiger partial charge in [0.2, 0.25) is 5.60 Å². The molecule has 3 rings (SSSR count). The third kappa shape index (κ3) is 2.31. The Hall–Kier alpha value is -1.40. The number of hydrogen-bond donors (Lipinski definition) is 2. The van der Waals surface area contributed by atoms with Crippen LogP contribution in [0.25, 0.3) is 0 Å². The van der Waals surface area contributed by atoms with Gasteiger partial charge in [-0.3, -0.25) is 4.79 Å². The van der Waals surface area contributed by atoms with E-state index in [1.54, 1.807) is 6.92 Å². The molecule has 128 valence electrons. The maximum absolute atomic E-state index is 12.4. The topological polar surface area (TPSA) is 93.1 Å². The standard InChI is InChI=1S/C17H24O6/c1-8-5-6-10-12(8)14-13(11(19)7-16(10,3)21)17(4,15(20)22-14)23-9(2)18/h5,10-14,19,21H,6-7H2,1-4H3/t10-,11-,12+,13+,14-,16-,17-/m0/s1. The van der Waals surface area contributed by atoms with Gasteiger partial charge in [-0.2, -0.15) is 0 Å². The van der Waals surface area contributed by atoms with Crippen molar-refractivity contribution >= 4 is 11.9 Å². The zero-order valence-electron chi connectivity index (χ0n) is 13.9. The third-order valence-electron chi connectivity index (χ3n) is 5.84. The summed E-state index contributed by atoms with van der Waals surface area (Å²) in [5, 5.41) is 21.5. The Morgan fingerprint density at radius 3 is 2.70 bits per heavy atom. The monoisotopic (exact) mass is 324 g/mol. The van der Waals surface area contributed by atoms with Crippen molar-refractivity contribution < 1.29 is 29.3 Å². The molecular weight excluding hydrogens is 300 g/mol. The maximum Gasteiger partial charge on any atom is 0.351 e. The predicted molar refractivity (Wildman–Crippen MR) is 80.1 cm³/mol. The zero-order valence-corrected chi connectivity index (χ0v) is 13.9. The maximum atomic E-state index is 12.4. The molecule has 2 N–H and O–H groups in total. The summed E-state index contributed by atoms with van der Waals surface area (Å²) in [7, 11) is 0. The van der Waals surface area contributed by atoms with Crippen LogP contribution in [0.2, 0.25) is 0 Å². The van der Waals surface area contributed by atoms with Crippen molar-refractivity contribution in [1.82, 2.24) is 0 Å². The van der Waals surface area contributed by atoms with Gasteiger partial charge in [-0.25, -0.2) is 4.79 Å². The highest BCUT2D eigenvalue weighted by Crippen LogP contribution is 2.54. The second kappa shape index (κ2) is 5.05. The highest BCUT2D eigenvalue weighted by atomic mass is 16.6. The van der Waals surface area contributed by atoms with Gasteiger partial charge < -0.3 is 19.7 Å². The van der Waals surface area contributed by atoms with Crippen LogP contribution in [0.15, 0.2) is 11.6 Å². The van der Waals surface area contributed by atoms with Crippen molar-refractivity contribution in [2.24, 2.45) is 17.8 Å². The molecule has 7 atom stereocenters. The molecule has 0 radical (unpaired) electrons. The Balaban J connectivity index is 2.07. The first-order chi connectivity index (χ1) is 10.6. The summed E-state index contributed by atoms with van der Waals surface area (Å²) in [6.45, 7) is 6.39. The van der Waals surface area contributed by atoms with Gasteiger partial charge >= 0.3 is 11.9 Å². The first-order valence-corrected chi connectivity index (χ1v) is 8.05. The SMILES string of the molecule is CC(=O)O[C@]1(C)C(=O)O[C@H]2[C@@H]3C(C)=CC[C@@H]3[C@@](C)(O)C[C@H](O)[C@H]21. The second-order valence-corrected chi connectivity index (χ2v) is 7.54. The Labute approximate surface area is 135 Å². The molecule has 1 saturated heterocycles. The number of carbonyl (C=O) groups is 2. The fourth-order valence-electron chi connectivity index (χ4n) is 4.80. The van der Waals surface area contributed by atoms with Gasteiger partial charge in [-0.05, 0) is 27.2 Å². The van der Waals surface area contributed by atoms with E-state index in [1.165, 1.54) is 13.8 Å². The third-order valence-corrected chi connectivity index (χ3v) is 5.84. The molecular formula is C17H24O6. The predicted octanol–water partition coefficient (Wildman–Crippen LogP) is 0.948. The smallest absolute Gasteiger partial charge is 0.351 e. The molecule has 6 heteroatoms. The molecule has 2 aliphatic carbocycles. The van der Waals surface area contributed by atoms with Crippen LogP contribution in [0, 0.1) is 17.8 Å². The number of carbonyl (C=O) groups excluding carboxylic acids is 2. The fraction of sp³-hybridized carbons (Fsp3) is 0.765. The number of aliphatic hydroxyl groups is 2. The van der Waals surface area contributed by atoms with Crippen LogP contribution in [0.5, 0.6) is 0 Å². The first-order valence-electron chi connectivity index (χ1n) is 8.05. The molecule has 0 spiro atoms. The van der Waals surface area contributed by atoms with Crippen molar-refractivity contribution in [3.05, 3.63) is 11.6 Å². The van der Waals surface area contributed by atoms with E-state index in [4.69, 9.17) is 9.47 Å². The minimum absolute atomic E-state index is 0.115. The summed E-state index contributed by atoms with van der Waals surface area (Å²) in [5.74, 6) is -2.21. The average molecular weight is 324 g/mol. The summed E-state index contributed by atoms with van der Waals surface area (Å²) in [6, 6.07) is 0. The molecule has 1 saturated carbocycles. The van der Waals surface area contributed by atoms with E-state index in [2.05, 4.69) is 0 Å². The number of hydrogen-bond acceptors (Lipinski definition) is 6. The van der Waals surface area contributed by atoms with Gasteiger partial charge in [0, 0.05) is 25.2 Å². The molecule has 3 aliphatic rings. The number of esters is 2. The normalized spacial score (nSPS) is 48.9. The van der Waals surface area contributed by atoms with E-state index in [1.807, 2.05) is 13.0 Å². The highest BCUT2D eigenvalue weighted by Gasteiger charge is 2.66. The van der Waals surface area contributed by atoms with Crippen molar-refractivity contribution in [2.45, 2.75) is 63.9 Å². The van der Waals surface area contributed by atoms with Crippen molar-refractivity contribution in [2.75, 3.05) is 0 Å². The number of fused-ring (bicyclic) bond motifs is 3. The summed E-state index contributed by atoms with van der Waals surface area (Å²) in [5.41, 5.74) is -1.56. The fourth-order valence-corrected chi connectivity index (χ4v) is 4.80. The van der Waals surface area contributed by atoms with Crippen LogP contribution < -0.4 is 0 Å². The van der Waals surface area contributed by atoms with Gasteiger partial charge in [-0.15, -0.1) is 0 Å². The number of allylic oxidation sites excluding steroid dienone is 1. The summed E-state index contributed by atoms with van der Waals surface area (Å²) < 4.78 is 10.9. The molecule has 0 aromatic rings. The van der Waals surface area contributed by atoms with Gasteiger partial charge in [0.1, 0.15) is 6.10 Å². The van der Waals surface area contributed by atoms with Crippen molar-refractivity contribution in [3.8, 4) is 0 Å². The van der Waals surface area contributed by atoms with Crippen molar-refractivity contribution in [1.29, 1.82) is 0 Å². The van der Waals surface area contributed by atoms with E-state index in [-0.39, 0.29) is 18.3 Å². The summed E-state index contributed by atoms with van der Waals surface area (Å²) >= 11 is 0. The van der Waals surface area contributed by atoms with Gasteiger partial charge in [0.25, 0.3) is 0 Å². The van der Waals surface area contributed by atoms with Gasteiger partial charge in [0.15, 0.2) is 0 Å². The molecule has 2 fully saturated rings. The molecule has 0 bridgehead atoms. The van der Waals surface area contributed by atoms with Gasteiger partial charge in [-0.1, -0.05) is 11.6 Å². The van der Waals surface area contributed by atoms with E-state index >= 15 is 0 Å². The van der Waals surface area contributed by atoms with Gasteiger partial charge in [0.05, 0.1) is 17.6 Å². The second-order valence-electron chi connectivity index (χ2n) is 7.54. The Bertz CT molecular complexity index is 580. The summed E-state index contributed by atoms with van der Waals surface area (Å²) in [4.78, 5) is 23.9. The lowest BCUT2D eigenvalue weighted by Crippen LogP contribution is -2.49. The Morgan fingerprint density at radius 2 is 2.09 bits per heavy atom. The van der Waals surface area contributed by atoms with Crippen LogP contribution in [0.3, 0.4) is 0 Å². The van der Waals surface area contributed by atoms with E-state index in [0.29, 0.717) is 6.42 Å². The molecule has 23 heavy (non-hydrogen) atoms. The average Bonchev–Trinajstić information content (AvgIpc) is 2.85. The minimum atomic E-state index is -1.52. The zero-order chi connectivity index (χ0) is 17.2. The first kappa shape index (κ1) is 16.5. The molecule has 0 aromatic carbocycles. The molecule has 1 aliphatic heterocycles. The van der Waals surface area contributed by atoms with E-state index in [9.17, 15) is 19.8 Å². The van der Waals surface area contributed by atoms with Crippen LogP contribution >= 0.6 is 0 Å². The highest BCUT2D eigenvalue weighted by molar-refractivity contribution is 5.85. The molecule has 0 amide bonds. The minimum Gasteiger partial charge on any atom is -0.458 e. The Kier molecular flexibility index (Phi) is 3.61. The number of rotatable bonds is 1. The van der Waals surface area contributed by atoms with E-state index < -0.39 is 41.3 Å². The van der Waals surface area contributed by atoms with Crippen molar-refractivity contribution in [3.63, 3.8) is 0 Å². The number of ether oxygens (including phenoxy) is 2.